The average Bonchev–Trinajstić information content (AvgIpc) is 3.21. The van der Waals surface area contributed by atoms with Gasteiger partial charge < -0.3 is 10.3 Å². The third-order valence-electron chi connectivity index (χ3n) is 6.13. The van der Waals surface area contributed by atoms with Gasteiger partial charge >= 0.3 is 0 Å². The number of fused-ring (bicyclic) bond motifs is 2. The molecule has 0 saturated heterocycles. The Bertz CT molecular complexity index is 1550. The molecular weight excluding hydrogens is 458 g/mol. The molecule has 0 aliphatic carbocycles. The van der Waals surface area contributed by atoms with E-state index in [0.717, 1.165) is 38.8 Å². The van der Waals surface area contributed by atoms with Crippen LogP contribution in [-0.4, -0.2) is 21.7 Å². The Morgan fingerprint density at radius 3 is 2.57 bits per heavy atom. The molecule has 0 saturated carbocycles. The van der Waals surface area contributed by atoms with Crippen molar-refractivity contribution in [2.45, 2.75) is 26.2 Å². The average molecular weight is 482 g/mol. The van der Waals surface area contributed by atoms with Gasteiger partial charge in [0, 0.05) is 39.0 Å². The molecule has 5 nitrogen and oxygen atoms in total. The second-order valence-corrected chi connectivity index (χ2v) is 9.03. The van der Waals surface area contributed by atoms with Gasteiger partial charge in [-0.25, -0.2) is 4.98 Å². The molecule has 0 fully saturated rings. The highest BCUT2D eigenvalue weighted by atomic mass is 35.5. The fourth-order valence-electron chi connectivity index (χ4n) is 4.34. The number of nitrogens with zero attached hydrogens (tertiary/aromatic N) is 1. The van der Waals surface area contributed by atoms with Crippen LogP contribution in [-0.2, 0) is 11.2 Å². The number of anilines is 1. The van der Waals surface area contributed by atoms with Gasteiger partial charge in [0.25, 0.3) is 0 Å². The van der Waals surface area contributed by atoms with Crippen molar-refractivity contribution in [1.82, 2.24) is 9.97 Å². The molecule has 0 aliphatic rings. The lowest BCUT2D eigenvalue weighted by atomic mass is 10.0. The first kappa shape index (κ1) is 22.8. The number of hydrogen-bond acceptors (Lipinski definition) is 3. The third-order valence-corrected chi connectivity index (χ3v) is 6.36. The number of rotatable bonds is 7. The SMILES string of the molecule is CC(=O)c1ccc(NC(=O)CCCc2c(-c3ccc4ccccc4n3)[nH]c3ccc(Cl)cc23)cc1. The fraction of sp³-hybridized carbons (Fsp3) is 0.138. The third kappa shape index (κ3) is 4.96. The fourth-order valence-corrected chi connectivity index (χ4v) is 4.51. The number of amides is 1. The molecule has 0 atom stereocenters. The monoisotopic (exact) mass is 481 g/mol. The maximum Gasteiger partial charge on any atom is 0.224 e. The number of hydrogen-bond donors (Lipinski definition) is 2. The van der Waals surface area contributed by atoms with E-state index in [4.69, 9.17) is 16.6 Å². The van der Waals surface area contributed by atoms with Gasteiger partial charge in [-0.1, -0.05) is 35.9 Å². The van der Waals surface area contributed by atoms with E-state index in [0.29, 0.717) is 35.5 Å². The van der Waals surface area contributed by atoms with Crippen LogP contribution in [0.15, 0.2) is 78.9 Å². The molecule has 2 aromatic heterocycles. The van der Waals surface area contributed by atoms with Gasteiger partial charge in [-0.3, -0.25) is 9.59 Å². The molecule has 174 valence electrons. The molecule has 0 spiro atoms. The number of aromatic nitrogens is 2. The van der Waals surface area contributed by atoms with Crippen LogP contribution in [0.25, 0.3) is 33.2 Å². The zero-order chi connectivity index (χ0) is 24.4. The molecule has 5 aromatic rings. The molecule has 0 radical (unpaired) electrons. The number of aryl methyl sites for hydroxylation is 1. The molecule has 0 unspecified atom stereocenters. The molecular formula is C29H24ClN3O2. The largest absolute Gasteiger partial charge is 0.353 e. The molecule has 6 heteroatoms. The molecule has 3 aromatic carbocycles. The Kier molecular flexibility index (Phi) is 6.34. The highest BCUT2D eigenvalue weighted by molar-refractivity contribution is 6.31. The minimum atomic E-state index is -0.0659. The Morgan fingerprint density at radius 2 is 1.77 bits per heavy atom. The molecule has 0 aliphatic heterocycles. The van der Waals surface area contributed by atoms with Crippen molar-refractivity contribution < 1.29 is 9.59 Å². The van der Waals surface area contributed by atoms with Crippen LogP contribution in [0.3, 0.4) is 0 Å². The number of H-pyrrole nitrogens is 1. The summed E-state index contributed by atoms with van der Waals surface area (Å²) in [6.45, 7) is 1.52. The first-order valence-electron chi connectivity index (χ1n) is 11.5. The van der Waals surface area contributed by atoms with Crippen molar-refractivity contribution >= 4 is 50.8 Å². The van der Waals surface area contributed by atoms with Gasteiger partial charge in [0.2, 0.25) is 5.91 Å². The number of pyridine rings is 1. The maximum atomic E-state index is 12.6. The van der Waals surface area contributed by atoms with Crippen molar-refractivity contribution in [1.29, 1.82) is 0 Å². The number of halogens is 1. The van der Waals surface area contributed by atoms with Crippen molar-refractivity contribution in [3.8, 4) is 11.4 Å². The summed E-state index contributed by atoms with van der Waals surface area (Å²) in [5.74, 6) is -0.0674. The lowest BCUT2D eigenvalue weighted by Gasteiger charge is -2.08. The van der Waals surface area contributed by atoms with Crippen LogP contribution >= 0.6 is 11.6 Å². The van der Waals surface area contributed by atoms with Gasteiger partial charge in [0.1, 0.15) is 0 Å². The lowest BCUT2D eigenvalue weighted by Crippen LogP contribution is -2.11. The molecule has 0 bridgehead atoms. The van der Waals surface area contributed by atoms with Crippen molar-refractivity contribution in [2.24, 2.45) is 0 Å². The van der Waals surface area contributed by atoms with E-state index in [2.05, 4.69) is 16.4 Å². The topological polar surface area (TPSA) is 74.8 Å². The smallest absolute Gasteiger partial charge is 0.224 e. The Hall–Kier alpha value is -3.96. The normalized spacial score (nSPS) is 11.1. The number of nitrogens with one attached hydrogen (secondary N) is 2. The van der Waals surface area contributed by atoms with Crippen LogP contribution in [0.2, 0.25) is 5.02 Å². The number of carbonyl (C=O) groups is 2. The van der Waals surface area contributed by atoms with E-state index in [1.807, 2.05) is 48.5 Å². The number of carbonyl (C=O) groups excluding carboxylic acids is 2. The van der Waals surface area contributed by atoms with Gasteiger partial charge in [0.05, 0.1) is 16.9 Å². The molecule has 2 heterocycles. The van der Waals surface area contributed by atoms with Gasteiger partial charge in [-0.2, -0.15) is 0 Å². The Morgan fingerprint density at radius 1 is 0.971 bits per heavy atom. The van der Waals surface area contributed by atoms with E-state index in [1.165, 1.54) is 6.92 Å². The van der Waals surface area contributed by atoms with E-state index < -0.39 is 0 Å². The minimum Gasteiger partial charge on any atom is -0.353 e. The van der Waals surface area contributed by atoms with Crippen LogP contribution < -0.4 is 5.32 Å². The number of aromatic amines is 1. The van der Waals surface area contributed by atoms with E-state index in [9.17, 15) is 9.59 Å². The second kappa shape index (κ2) is 9.72. The summed E-state index contributed by atoms with van der Waals surface area (Å²) < 4.78 is 0. The minimum absolute atomic E-state index is 0.00147. The summed E-state index contributed by atoms with van der Waals surface area (Å²) in [4.78, 5) is 32.4. The highest BCUT2D eigenvalue weighted by Gasteiger charge is 2.16. The zero-order valence-electron chi connectivity index (χ0n) is 19.3. The van der Waals surface area contributed by atoms with Crippen LogP contribution in [0.5, 0.6) is 0 Å². The summed E-state index contributed by atoms with van der Waals surface area (Å²) in [5.41, 5.74) is 6.14. The Balaban J connectivity index is 1.36. The second-order valence-electron chi connectivity index (χ2n) is 8.59. The summed E-state index contributed by atoms with van der Waals surface area (Å²) in [7, 11) is 0. The van der Waals surface area contributed by atoms with E-state index in [-0.39, 0.29) is 11.7 Å². The number of para-hydroxylation sites is 1. The molecule has 35 heavy (non-hydrogen) atoms. The quantitative estimate of drug-likeness (QED) is 0.241. The van der Waals surface area contributed by atoms with Crippen molar-refractivity contribution in [3.05, 3.63) is 95.0 Å². The van der Waals surface area contributed by atoms with Crippen LogP contribution in [0.1, 0.15) is 35.7 Å². The highest BCUT2D eigenvalue weighted by Crippen LogP contribution is 2.33. The predicted octanol–water partition coefficient (Wildman–Crippen LogP) is 7.20. The van der Waals surface area contributed by atoms with Crippen molar-refractivity contribution in [3.63, 3.8) is 0 Å². The zero-order valence-corrected chi connectivity index (χ0v) is 20.0. The van der Waals surface area contributed by atoms with E-state index in [1.54, 1.807) is 24.3 Å². The summed E-state index contributed by atoms with van der Waals surface area (Å²) in [6.07, 6.45) is 1.73. The molecule has 1 amide bonds. The first-order chi connectivity index (χ1) is 17.0. The number of Topliss-reactive ketones (excluding diaryl/α,β-unsaturated/α-hetero) is 1. The van der Waals surface area contributed by atoms with Crippen LogP contribution in [0.4, 0.5) is 5.69 Å². The first-order valence-corrected chi connectivity index (χ1v) is 11.9. The van der Waals surface area contributed by atoms with E-state index >= 15 is 0 Å². The number of ketones is 1. The predicted molar refractivity (Wildman–Crippen MR) is 142 cm³/mol. The summed E-state index contributed by atoms with van der Waals surface area (Å²) in [6, 6.07) is 24.9. The molecule has 2 N–H and O–H groups in total. The Labute approximate surface area is 208 Å². The van der Waals surface area contributed by atoms with Gasteiger partial charge in [-0.15, -0.1) is 0 Å². The van der Waals surface area contributed by atoms with Crippen LogP contribution in [0, 0.1) is 0 Å². The van der Waals surface area contributed by atoms with Gasteiger partial charge in [-0.05, 0) is 79.9 Å². The van der Waals surface area contributed by atoms with Gasteiger partial charge in [0.15, 0.2) is 5.78 Å². The maximum absolute atomic E-state index is 12.6. The number of benzene rings is 3. The summed E-state index contributed by atoms with van der Waals surface area (Å²) in [5, 5.41) is 5.71. The van der Waals surface area contributed by atoms with Crippen molar-refractivity contribution in [2.75, 3.05) is 5.32 Å². The summed E-state index contributed by atoms with van der Waals surface area (Å²) >= 11 is 6.31. The molecule has 5 rings (SSSR count). The lowest BCUT2D eigenvalue weighted by molar-refractivity contribution is -0.116. The standard InChI is InChI=1S/C29H24ClN3O2/c1-18(34)19-9-13-22(14-10-19)31-28(35)8-4-6-23-24-17-21(30)12-16-26(24)33-29(23)27-15-11-20-5-2-3-7-25(20)32-27/h2-3,5,7,9-17,33H,4,6,8H2,1H3,(H,31,35).